The molecule has 72 valence electrons. The van der Waals surface area contributed by atoms with Crippen LogP contribution in [0.4, 0.5) is 5.69 Å². The van der Waals surface area contributed by atoms with Crippen molar-refractivity contribution in [3.05, 3.63) is 12.4 Å². The summed E-state index contributed by atoms with van der Waals surface area (Å²) in [5.74, 6) is 0. The van der Waals surface area contributed by atoms with E-state index in [1.807, 2.05) is 10.9 Å². The van der Waals surface area contributed by atoms with Gasteiger partial charge in [-0.25, -0.2) is 0 Å². The van der Waals surface area contributed by atoms with Crippen LogP contribution in [0, 0.1) is 0 Å². The summed E-state index contributed by atoms with van der Waals surface area (Å²) >= 11 is 0. The van der Waals surface area contributed by atoms with Crippen molar-refractivity contribution in [1.29, 1.82) is 0 Å². The SMILES string of the molecule is CCn1cc(NC2CCNC2)cn1. The number of hydrogen-bond acceptors (Lipinski definition) is 3. The van der Waals surface area contributed by atoms with E-state index in [4.69, 9.17) is 0 Å². The van der Waals surface area contributed by atoms with Gasteiger partial charge >= 0.3 is 0 Å². The molecule has 4 nitrogen and oxygen atoms in total. The molecule has 1 aromatic heterocycles. The number of nitrogens with zero attached hydrogens (tertiary/aromatic N) is 2. The Labute approximate surface area is 78.3 Å². The lowest BCUT2D eigenvalue weighted by molar-refractivity contribution is 0.660. The quantitative estimate of drug-likeness (QED) is 0.718. The third kappa shape index (κ3) is 2.01. The summed E-state index contributed by atoms with van der Waals surface area (Å²) < 4.78 is 1.94. The van der Waals surface area contributed by atoms with Gasteiger partial charge in [-0.3, -0.25) is 4.68 Å². The predicted octanol–water partition coefficient (Wildman–Crippen LogP) is 0.677. The number of aromatic nitrogens is 2. The van der Waals surface area contributed by atoms with Crippen LogP contribution in [0.15, 0.2) is 12.4 Å². The van der Waals surface area contributed by atoms with Crippen molar-refractivity contribution >= 4 is 5.69 Å². The Balaban J connectivity index is 1.92. The highest BCUT2D eigenvalue weighted by molar-refractivity contribution is 5.39. The van der Waals surface area contributed by atoms with Crippen LogP contribution in [0.25, 0.3) is 0 Å². The summed E-state index contributed by atoms with van der Waals surface area (Å²) in [6.45, 7) is 5.22. The van der Waals surface area contributed by atoms with Gasteiger partial charge in [0, 0.05) is 25.3 Å². The van der Waals surface area contributed by atoms with E-state index in [9.17, 15) is 0 Å². The van der Waals surface area contributed by atoms with E-state index in [1.54, 1.807) is 0 Å². The second kappa shape index (κ2) is 3.79. The summed E-state index contributed by atoms with van der Waals surface area (Å²) in [5, 5.41) is 11.0. The van der Waals surface area contributed by atoms with E-state index in [2.05, 4.69) is 28.9 Å². The number of hydrogen-bond donors (Lipinski definition) is 2. The van der Waals surface area contributed by atoms with Crippen molar-refractivity contribution in [3.8, 4) is 0 Å². The van der Waals surface area contributed by atoms with Gasteiger partial charge in [-0.2, -0.15) is 5.10 Å². The molecular formula is C9H16N4. The highest BCUT2D eigenvalue weighted by Crippen LogP contribution is 2.09. The molecule has 1 aromatic rings. The maximum absolute atomic E-state index is 4.21. The Morgan fingerprint density at radius 1 is 1.77 bits per heavy atom. The first-order valence-corrected chi connectivity index (χ1v) is 4.88. The standard InChI is InChI=1S/C9H16N4/c1-2-13-7-9(6-11-13)12-8-3-4-10-5-8/h6-8,10,12H,2-5H2,1H3. The van der Waals surface area contributed by atoms with Crippen LogP contribution in [0.3, 0.4) is 0 Å². The van der Waals surface area contributed by atoms with E-state index in [0.717, 1.165) is 25.3 Å². The third-order valence-electron chi connectivity index (χ3n) is 2.39. The van der Waals surface area contributed by atoms with Gasteiger partial charge in [-0.15, -0.1) is 0 Å². The van der Waals surface area contributed by atoms with Crippen molar-refractivity contribution < 1.29 is 0 Å². The molecule has 1 fully saturated rings. The Kier molecular flexibility index (Phi) is 2.49. The van der Waals surface area contributed by atoms with Gasteiger partial charge in [-0.05, 0) is 19.9 Å². The van der Waals surface area contributed by atoms with E-state index in [-0.39, 0.29) is 0 Å². The van der Waals surface area contributed by atoms with Gasteiger partial charge in [0.25, 0.3) is 0 Å². The lowest BCUT2D eigenvalue weighted by atomic mass is 10.2. The van der Waals surface area contributed by atoms with E-state index < -0.39 is 0 Å². The maximum Gasteiger partial charge on any atom is 0.0729 e. The smallest absolute Gasteiger partial charge is 0.0729 e. The predicted molar refractivity (Wildman–Crippen MR) is 52.8 cm³/mol. The normalized spacial score (nSPS) is 22.1. The van der Waals surface area contributed by atoms with Crippen LogP contribution in [-0.2, 0) is 6.54 Å². The molecule has 0 aliphatic carbocycles. The summed E-state index contributed by atoms with van der Waals surface area (Å²) in [5.41, 5.74) is 1.13. The fourth-order valence-electron chi connectivity index (χ4n) is 1.62. The van der Waals surface area contributed by atoms with Gasteiger partial charge in [0.05, 0.1) is 11.9 Å². The maximum atomic E-state index is 4.21. The molecule has 1 aliphatic heterocycles. The zero-order valence-corrected chi connectivity index (χ0v) is 7.95. The summed E-state index contributed by atoms with van der Waals surface area (Å²) in [6.07, 6.45) is 5.15. The zero-order chi connectivity index (χ0) is 9.10. The first-order valence-electron chi connectivity index (χ1n) is 4.88. The van der Waals surface area contributed by atoms with Crippen LogP contribution < -0.4 is 10.6 Å². The monoisotopic (exact) mass is 180 g/mol. The van der Waals surface area contributed by atoms with Crippen molar-refractivity contribution in [2.24, 2.45) is 0 Å². The molecule has 1 saturated heterocycles. The molecule has 2 rings (SSSR count). The lowest BCUT2D eigenvalue weighted by Crippen LogP contribution is -2.21. The summed E-state index contributed by atoms with van der Waals surface area (Å²) in [6, 6.07) is 0.578. The Morgan fingerprint density at radius 3 is 3.31 bits per heavy atom. The molecule has 0 radical (unpaired) electrons. The fraction of sp³-hybridized carbons (Fsp3) is 0.667. The van der Waals surface area contributed by atoms with E-state index >= 15 is 0 Å². The minimum Gasteiger partial charge on any atom is -0.378 e. The molecule has 13 heavy (non-hydrogen) atoms. The van der Waals surface area contributed by atoms with Crippen LogP contribution in [0.1, 0.15) is 13.3 Å². The highest BCUT2D eigenvalue weighted by atomic mass is 15.3. The Hall–Kier alpha value is -1.03. The molecule has 2 heterocycles. The number of rotatable bonds is 3. The van der Waals surface area contributed by atoms with Gasteiger partial charge in [0.15, 0.2) is 0 Å². The Bertz CT molecular complexity index is 262. The van der Waals surface area contributed by atoms with Crippen LogP contribution in [0.2, 0.25) is 0 Å². The average molecular weight is 180 g/mol. The molecule has 2 N–H and O–H groups in total. The molecule has 1 aliphatic rings. The fourth-order valence-corrected chi connectivity index (χ4v) is 1.62. The minimum atomic E-state index is 0.578. The molecule has 0 bridgehead atoms. The van der Waals surface area contributed by atoms with Crippen LogP contribution >= 0.6 is 0 Å². The molecule has 0 saturated carbocycles. The molecule has 0 spiro atoms. The van der Waals surface area contributed by atoms with Crippen molar-refractivity contribution in [2.75, 3.05) is 18.4 Å². The minimum absolute atomic E-state index is 0.578. The summed E-state index contributed by atoms with van der Waals surface area (Å²) in [7, 11) is 0. The van der Waals surface area contributed by atoms with Gasteiger partial charge < -0.3 is 10.6 Å². The number of anilines is 1. The summed E-state index contributed by atoms with van der Waals surface area (Å²) in [4.78, 5) is 0. The Morgan fingerprint density at radius 2 is 2.69 bits per heavy atom. The number of nitrogens with one attached hydrogen (secondary N) is 2. The van der Waals surface area contributed by atoms with Crippen molar-refractivity contribution in [2.45, 2.75) is 25.9 Å². The first kappa shape index (κ1) is 8.56. The zero-order valence-electron chi connectivity index (χ0n) is 7.95. The average Bonchev–Trinajstić information content (AvgIpc) is 2.76. The molecule has 0 aromatic carbocycles. The topological polar surface area (TPSA) is 41.9 Å². The molecular weight excluding hydrogens is 164 g/mol. The van der Waals surface area contributed by atoms with E-state index in [0.29, 0.717) is 6.04 Å². The lowest BCUT2D eigenvalue weighted by Gasteiger charge is -2.09. The number of aryl methyl sites for hydroxylation is 1. The van der Waals surface area contributed by atoms with Crippen LogP contribution in [0.5, 0.6) is 0 Å². The van der Waals surface area contributed by atoms with Gasteiger partial charge in [-0.1, -0.05) is 0 Å². The third-order valence-corrected chi connectivity index (χ3v) is 2.39. The molecule has 1 unspecified atom stereocenters. The largest absolute Gasteiger partial charge is 0.378 e. The van der Waals surface area contributed by atoms with Gasteiger partial charge in [0.1, 0.15) is 0 Å². The second-order valence-corrected chi connectivity index (χ2v) is 3.42. The van der Waals surface area contributed by atoms with Crippen molar-refractivity contribution in [3.63, 3.8) is 0 Å². The first-order chi connectivity index (χ1) is 6.38. The van der Waals surface area contributed by atoms with Crippen molar-refractivity contribution in [1.82, 2.24) is 15.1 Å². The van der Waals surface area contributed by atoms with Gasteiger partial charge in [0.2, 0.25) is 0 Å². The molecule has 0 amide bonds. The molecule has 4 heteroatoms. The molecule has 1 atom stereocenters. The van der Waals surface area contributed by atoms with E-state index in [1.165, 1.54) is 6.42 Å². The van der Waals surface area contributed by atoms with Crippen LogP contribution in [-0.4, -0.2) is 28.9 Å². The highest BCUT2D eigenvalue weighted by Gasteiger charge is 2.13. The second-order valence-electron chi connectivity index (χ2n) is 3.42.